The van der Waals surface area contributed by atoms with Crippen molar-refractivity contribution in [1.82, 2.24) is 5.32 Å². The van der Waals surface area contributed by atoms with Gasteiger partial charge < -0.3 is 10.4 Å². The highest BCUT2D eigenvalue weighted by Gasteiger charge is 2.26. The number of benzene rings is 1. The van der Waals surface area contributed by atoms with E-state index in [1.807, 2.05) is 24.9 Å². The molecule has 1 aliphatic rings. The Morgan fingerprint density at radius 2 is 2.40 bits per heavy atom. The number of rotatable bonds is 3. The Balaban J connectivity index is 2.20. The van der Waals surface area contributed by atoms with E-state index < -0.39 is 0 Å². The SMILES string of the molecule is CNC(C)CC1CSc2cccc(O)c21. The van der Waals surface area contributed by atoms with E-state index in [1.54, 1.807) is 6.07 Å². The highest BCUT2D eigenvalue weighted by molar-refractivity contribution is 7.99. The molecule has 2 rings (SSSR count). The van der Waals surface area contributed by atoms with Crippen LogP contribution in [0.15, 0.2) is 23.1 Å². The third-order valence-electron chi connectivity index (χ3n) is 3.02. The van der Waals surface area contributed by atoms with E-state index in [-0.39, 0.29) is 0 Å². The van der Waals surface area contributed by atoms with Gasteiger partial charge in [0, 0.05) is 22.3 Å². The summed E-state index contributed by atoms with van der Waals surface area (Å²) in [4.78, 5) is 1.25. The molecule has 1 aromatic rings. The van der Waals surface area contributed by atoms with Gasteiger partial charge in [0.2, 0.25) is 0 Å². The van der Waals surface area contributed by atoms with E-state index in [0.29, 0.717) is 17.7 Å². The van der Waals surface area contributed by atoms with Crippen LogP contribution in [-0.4, -0.2) is 23.9 Å². The Morgan fingerprint density at radius 1 is 1.60 bits per heavy atom. The van der Waals surface area contributed by atoms with Crippen LogP contribution in [-0.2, 0) is 0 Å². The predicted octanol–water partition coefficient (Wildman–Crippen LogP) is 2.58. The predicted molar refractivity (Wildman–Crippen MR) is 64.7 cm³/mol. The summed E-state index contributed by atoms with van der Waals surface area (Å²) in [6.07, 6.45) is 1.09. The first kappa shape index (κ1) is 10.8. The van der Waals surface area contributed by atoms with Crippen LogP contribution in [0.4, 0.5) is 0 Å². The van der Waals surface area contributed by atoms with E-state index in [4.69, 9.17) is 0 Å². The van der Waals surface area contributed by atoms with Gasteiger partial charge in [0.25, 0.3) is 0 Å². The van der Waals surface area contributed by atoms with Gasteiger partial charge >= 0.3 is 0 Å². The van der Waals surface area contributed by atoms with Crippen molar-refractivity contribution in [2.24, 2.45) is 0 Å². The summed E-state index contributed by atoms with van der Waals surface area (Å²) < 4.78 is 0. The summed E-state index contributed by atoms with van der Waals surface area (Å²) in [5, 5.41) is 13.1. The summed E-state index contributed by atoms with van der Waals surface area (Å²) in [7, 11) is 1.98. The smallest absolute Gasteiger partial charge is 0.120 e. The molecule has 15 heavy (non-hydrogen) atoms. The van der Waals surface area contributed by atoms with Gasteiger partial charge in [-0.2, -0.15) is 0 Å². The van der Waals surface area contributed by atoms with E-state index in [2.05, 4.69) is 18.3 Å². The lowest BCUT2D eigenvalue weighted by Crippen LogP contribution is -2.23. The van der Waals surface area contributed by atoms with Gasteiger partial charge in [-0.25, -0.2) is 0 Å². The molecule has 2 N–H and O–H groups in total. The second-order valence-electron chi connectivity index (χ2n) is 4.12. The first-order chi connectivity index (χ1) is 7.22. The summed E-state index contributed by atoms with van der Waals surface area (Å²) in [6, 6.07) is 6.32. The third kappa shape index (κ3) is 2.13. The van der Waals surface area contributed by atoms with Gasteiger partial charge in [-0.15, -0.1) is 11.8 Å². The van der Waals surface area contributed by atoms with Crippen molar-refractivity contribution in [2.75, 3.05) is 12.8 Å². The van der Waals surface area contributed by atoms with Crippen LogP contribution in [0.2, 0.25) is 0 Å². The molecule has 0 saturated heterocycles. The van der Waals surface area contributed by atoms with Crippen molar-refractivity contribution < 1.29 is 5.11 Å². The van der Waals surface area contributed by atoms with Gasteiger partial charge in [0.05, 0.1) is 0 Å². The lowest BCUT2D eigenvalue weighted by atomic mass is 9.94. The number of phenols is 1. The quantitative estimate of drug-likeness (QED) is 0.826. The molecule has 0 amide bonds. The Labute approximate surface area is 95.1 Å². The standard InChI is InChI=1S/C12H17NOS/c1-8(13-2)6-9-7-15-11-5-3-4-10(14)12(9)11/h3-5,8-9,13-14H,6-7H2,1-2H3. The lowest BCUT2D eigenvalue weighted by molar-refractivity contribution is 0.450. The first-order valence-electron chi connectivity index (χ1n) is 5.34. The fraction of sp³-hybridized carbons (Fsp3) is 0.500. The Hall–Kier alpha value is -0.670. The van der Waals surface area contributed by atoms with Crippen LogP contribution in [0.5, 0.6) is 5.75 Å². The highest BCUT2D eigenvalue weighted by atomic mass is 32.2. The van der Waals surface area contributed by atoms with Crippen LogP contribution in [0.3, 0.4) is 0 Å². The van der Waals surface area contributed by atoms with Crippen molar-refractivity contribution in [3.63, 3.8) is 0 Å². The summed E-state index contributed by atoms with van der Waals surface area (Å²) in [5.74, 6) is 2.05. The molecule has 82 valence electrons. The zero-order chi connectivity index (χ0) is 10.8. The molecule has 0 saturated carbocycles. The van der Waals surface area contributed by atoms with Gasteiger partial charge in [0.1, 0.15) is 5.75 Å². The Bertz CT molecular complexity index is 353. The van der Waals surface area contributed by atoms with Crippen molar-refractivity contribution in [3.8, 4) is 5.75 Å². The molecule has 2 nitrogen and oxygen atoms in total. The minimum Gasteiger partial charge on any atom is -0.508 e. The maximum Gasteiger partial charge on any atom is 0.120 e. The average Bonchev–Trinajstić information content (AvgIpc) is 2.63. The molecule has 1 heterocycles. The molecule has 1 aromatic carbocycles. The van der Waals surface area contributed by atoms with Crippen LogP contribution < -0.4 is 5.32 Å². The minimum atomic E-state index is 0.464. The molecule has 0 bridgehead atoms. The van der Waals surface area contributed by atoms with E-state index >= 15 is 0 Å². The second-order valence-corrected chi connectivity index (χ2v) is 5.18. The number of fused-ring (bicyclic) bond motifs is 1. The van der Waals surface area contributed by atoms with Crippen molar-refractivity contribution in [1.29, 1.82) is 0 Å². The van der Waals surface area contributed by atoms with E-state index in [9.17, 15) is 5.11 Å². The van der Waals surface area contributed by atoms with Crippen molar-refractivity contribution >= 4 is 11.8 Å². The number of hydrogen-bond donors (Lipinski definition) is 2. The molecule has 0 aromatic heterocycles. The van der Waals surface area contributed by atoms with Crippen LogP contribution in [0.25, 0.3) is 0 Å². The molecule has 0 radical (unpaired) electrons. The monoisotopic (exact) mass is 223 g/mol. The molecule has 0 spiro atoms. The summed E-state index contributed by atoms with van der Waals surface area (Å²) >= 11 is 1.85. The summed E-state index contributed by atoms with van der Waals surface area (Å²) in [6.45, 7) is 2.18. The number of thioether (sulfide) groups is 1. The molecule has 2 unspecified atom stereocenters. The number of nitrogens with one attached hydrogen (secondary N) is 1. The fourth-order valence-corrected chi connectivity index (χ4v) is 3.36. The topological polar surface area (TPSA) is 32.3 Å². The number of phenolic OH excluding ortho intramolecular Hbond substituents is 1. The van der Waals surface area contributed by atoms with Gasteiger partial charge in [-0.3, -0.25) is 0 Å². The Kier molecular flexibility index (Phi) is 3.22. The maximum absolute atomic E-state index is 9.85. The molecule has 1 aliphatic heterocycles. The van der Waals surface area contributed by atoms with E-state index in [0.717, 1.165) is 17.7 Å². The van der Waals surface area contributed by atoms with E-state index in [1.165, 1.54) is 4.90 Å². The lowest BCUT2D eigenvalue weighted by Gasteiger charge is -2.16. The second kappa shape index (κ2) is 4.45. The molecule has 0 aliphatic carbocycles. The molecular formula is C12H17NOS. The summed E-state index contributed by atoms with van der Waals surface area (Å²) in [5.41, 5.74) is 1.16. The normalized spacial score (nSPS) is 21.3. The third-order valence-corrected chi connectivity index (χ3v) is 4.26. The van der Waals surface area contributed by atoms with Crippen LogP contribution in [0.1, 0.15) is 24.8 Å². The Morgan fingerprint density at radius 3 is 3.13 bits per heavy atom. The first-order valence-corrected chi connectivity index (χ1v) is 6.33. The molecule has 2 atom stereocenters. The maximum atomic E-state index is 9.85. The molecular weight excluding hydrogens is 206 g/mol. The van der Waals surface area contributed by atoms with Gasteiger partial charge in [0.15, 0.2) is 0 Å². The van der Waals surface area contributed by atoms with Crippen LogP contribution >= 0.6 is 11.8 Å². The number of aromatic hydroxyl groups is 1. The highest BCUT2D eigenvalue weighted by Crippen LogP contribution is 2.45. The fourth-order valence-electron chi connectivity index (χ4n) is 2.07. The zero-order valence-corrected chi connectivity index (χ0v) is 9.97. The molecule has 0 fully saturated rings. The van der Waals surface area contributed by atoms with Crippen molar-refractivity contribution in [2.45, 2.75) is 30.2 Å². The molecule has 3 heteroatoms. The van der Waals surface area contributed by atoms with Gasteiger partial charge in [-0.1, -0.05) is 6.07 Å². The largest absolute Gasteiger partial charge is 0.508 e. The van der Waals surface area contributed by atoms with Crippen LogP contribution in [0, 0.1) is 0 Å². The van der Waals surface area contributed by atoms with Crippen molar-refractivity contribution in [3.05, 3.63) is 23.8 Å². The van der Waals surface area contributed by atoms with Gasteiger partial charge in [-0.05, 0) is 38.4 Å². The minimum absolute atomic E-state index is 0.464. The average molecular weight is 223 g/mol. The number of hydrogen-bond acceptors (Lipinski definition) is 3. The zero-order valence-electron chi connectivity index (χ0n) is 9.16.